The molecule has 0 fully saturated rings. The lowest BCUT2D eigenvalue weighted by Crippen LogP contribution is -2.32. The molecule has 7 heteroatoms. The van der Waals surface area contributed by atoms with Gasteiger partial charge < -0.3 is 9.42 Å². The summed E-state index contributed by atoms with van der Waals surface area (Å²) in [4.78, 5) is 31.8. The van der Waals surface area contributed by atoms with Crippen LogP contribution in [-0.4, -0.2) is 41.0 Å². The van der Waals surface area contributed by atoms with Crippen LogP contribution in [0.25, 0.3) is 0 Å². The Morgan fingerprint density at radius 3 is 2.19 bits per heavy atom. The first kappa shape index (κ1) is 13.3. The molecule has 0 radical (unpaired) electrons. The highest BCUT2D eigenvalue weighted by Gasteiger charge is 2.40. The third-order valence-electron chi connectivity index (χ3n) is 3.40. The van der Waals surface area contributed by atoms with Crippen molar-refractivity contribution in [1.82, 2.24) is 15.0 Å². The van der Waals surface area contributed by atoms with Gasteiger partial charge in [-0.25, -0.2) is 0 Å². The molecule has 2 heterocycles. The summed E-state index contributed by atoms with van der Waals surface area (Å²) >= 11 is 0. The molecule has 7 nitrogen and oxygen atoms in total. The zero-order valence-corrected chi connectivity index (χ0v) is 11.9. The van der Waals surface area contributed by atoms with E-state index in [9.17, 15) is 9.59 Å². The van der Waals surface area contributed by atoms with Gasteiger partial charge in [0, 0.05) is 14.1 Å². The van der Waals surface area contributed by atoms with Crippen molar-refractivity contribution in [2.75, 3.05) is 19.0 Å². The molecule has 21 heavy (non-hydrogen) atoms. The lowest BCUT2D eigenvalue weighted by atomic mass is 10.1. The van der Waals surface area contributed by atoms with Crippen LogP contribution in [-0.2, 0) is 0 Å². The van der Waals surface area contributed by atoms with Gasteiger partial charge in [-0.1, -0.05) is 12.1 Å². The first-order chi connectivity index (χ1) is 10.0. The molecular formula is C14H14N4O3. The summed E-state index contributed by atoms with van der Waals surface area (Å²) in [5, 5.41) is 3.80. The molecular weight excluding hydrogens is 272 g/mol. The van der Waals surface area contributed by atoms with Gasteiger partial charge in [-0.2, -0.15) is 4.98 Å². The highest BCUT2D eigenvalue weighted by Crippen LogP contribution is 2.30. The predicted molar refractivity (Wildman–Crippen MR) is 74.0 cm³/mol. The van der Waals surface area contributed by atoms with Crippen LogP contribution in [0.3, 0.4) is 0 Å². The molecule has 108 valence electrons. The SMILES string of the molecule is C[C@H](c1nc(N(C)C)no1)N1C(=O)c2ccccc2C1=O. The number of rotatable bonds is 3. The van der Waals surface area contributed by atoms with Gasteiger partial charge in [-0.15, -0.1) is 0 Å². The maximum absolute atomic E-state index is 12.4. The van der Waals surface area contributed by atoms with Crippen LogP contribution in [0.5, 0.6) is 0 Å². The largest absolute Gasteiger partial charge is 0.344 e. The minimum atomic E-state index is -0.612. The van der Waals surface area contributed by atoms with Crippen molar-refractivity contribution >= 4 is 17.8 Å². The maximum Gasteiger partial charge on any atom is 0.265 e. The van der Waals surface area contributed by atoms with E-state index in [1.807, 2.05) is 0 Å². The third-order valence-corrected chi connectivity index (χ3v) is 3.40. The molecule has 1 aliphatic rings. The number of hydrogen-bond acceptors (Lipinski definition) is 6. The van der Waals surface area contributed by atoms with Gasteiger partial charge in [-0.3, -0.25) is 14.5 Å². The van der Waals surface area contributed by atoms with Crippen LogP contribution in [0.2, 0.25) is 0 Å². The Hall–Kier alpha value is -2.70. The fraction of sp³-hybridized carbons (Fsp3) is 0.286. The van der Waals surface area contributed by atoms with E-state index in [2.05, 4.69) is 10.1 Å². The summed E-state index contributed by atoms with van der Waals surface area (Å²) in [6.07, 6.45) is 0. The molecule has 1 aromatic carbocycles. The Labute approximate surface area is 121 Å². The molecule has 0 saturated carbocycles. The molecule has 0 N–H and O–H groups in total. The second kappa shape index (κ2) is 4.69. The molecule has 0 saturated heterocycles. The maximum atomic E-state index is 12.4. The van der Waals surface area contributed by atoms with Crippen molar-refractivity contribution in [2.24, 2.45) is 0 Å². The number of carbonyl (C=O) groups excluding carboxylic acids is 2. The van der Waals surface area contributed by atoms with Gasteiger partial charge in [0.15, 0.2) is 0 Å². The predicted octanol–water partition coefficient (Wildman–Crippen LogP) is 1.49. The fourth-order valence-corrected chi connectivity index (χ4v) is 2.25. The summed E-state index contributed by atoms with van der Waals surface area (Å²) in [7, 11) is 3.56. The summed E-state index contributed by atoms with van der Waals surface area (Å²) < 4.78 is 5.15. The average Bonchev–Trinajstić information content (AvgIpc) is 3.05. The number of fused-ring (bicyclic) bond motifs is 1. The molecule has 1 aromatic heterocycles. The number of carbonyl (C=O) groups is 2. The number of aromatic nitrogens is 2. The van der Waals surface area contributed by atoms with Crippen LogP contribution in [0, 0.1) is 0 Å². The molecule has 0 aliphatic carbocycles. The Morgan fingerprint density at radius 2 is 1.71 bits per heavy atom. The summed E-state index contributed by atoms with van der Waals surface area (Å²) in [5.41, 5.74) is 0.809. The molecule has 0 bridgehead atoms. The van der Waals surface area contributed by atoms with Crippen LogP contribution < -0.4 is 4.90 Å². The number of amides is 2. The number of hydrogen-bond donors (Lipinski definition) is 0. The van der Waals surface area contributed by atoms with E-state index < -0.39 is 6.04 Å². The van der Waals surface area contributed by atoms with Crippen molar-refractivity contribution in [3.63, 3.8) is 0 Å². The van der Waals surface area contributed by atoms with Crippen molar-refractivity contribution in [3.05, 3.63) is 41.3 Å². The van der Waals surface area contributed by atoms with Gasteiger partial charge in [-0.05, 0) is 24.2 Å². The lowest BCUT2D eigenvalue weighted by Gasteiger charge is -2.18. The second-order valence-electron chi connectivity index (χ2n) is 5.03. The molecule has 1 aliphatic heterocycles. The fourth-order valence-electron chi connectivity index (χ4n) is 2.25. The van der Waals surface area contributed by atoms with Gasteiger partial charge in [0.2, 0.25) is 0 Å². The first-order valence-corrected chi connectivity index (χ1v) is 6.48. The number of imide groups is 1. The van der Waals surface area contributed by atoms with Crippen LogP contribution >= 0.6 is 0 Å². The van der Waals surface area contributed by atoms with E-state index >= 15 is 0 Å². The minimum Gasteiger partial charge on any atom is -0.344 e. The standard InChI is InChI=1S/C14H14N4O3/c1-8(11-15-14(16-21-11)17(2)3)18-12(19)9-6-4-5-7-10(9)13(18)20/h4-8H,1-3H3/t8-/m1/s1. The van der Waals surface area contributed by atoms with Crippen molar-refractivity contribution < 1.29 is 14.1 Å². The summed E-state index contributed by atoms with van der Waals surface area (Å²) in [5.74, 6) is -0.0536. The Kier molecular flexibility index (Phi) is 2.97. The van der Waals surface area contributed by atoms with Crippen molar-refractivity contribution in [1.29, 1.82) is 0 Å². The van der Waals surface area contributed by atoms with Crippen LogP contribution in [0.1, 0.15) is 39.6 Å². The Balaban J connectivity index is 1.94. The van der Waals surface area contributed by atoms with E-state index in [0.29, 0.717) is 17.1 Å². The average molecular weight is 286 g/mol. The quantitative estimate of drug-likeness (QED) is 0.795. The monoisotopic (exact) mass is 286 g/mol. The van der Waals surface area contributed by atoms with Crippen molar-refractivity contribution in [2.45, 2.75) is 13.0 Å². The topological polar surface area (TPSA) is 79.5 Å². The number of benzene rings is 1. The Morgan fingerprint density at radius 1 is 1.14 bits per heavy atom. The third kappa shape index (κ3) is 1.97. The van der Waals surface area contributed by atoms with E-state index in [-0.39, 0.29) is 17.7 Å². The molecule has 1 atom stereocenters. The molecule has 2 aromatic rings. The highest BCUT2D eigenvalue weighted by atomic mass is 16.5. The van der Waals surface area contributed by atoms with E-state index in [1.165, 1.54) is 0 Å². The normalized spacial score (nSPS) is 15.3. The van der Waals surface area contributed by atoms with Gasteiger partial charge in [0.25, 0.3) is 23.7 Å². The zero-order valence-electron chi connectivity index (χ0n) is 11.9. The molecule has 0 spiro atoms. The first-order valence-electron chi connectivity index (χ1n) is 6.48. The zero-order chi connectivity index (χ0) is 15.1. The number of nitrogens with zero attached hydrogens (tertiary/aromatic N) is 4. The van der Waals surface area contributed by atoms with Gasteiger partial charge in [0.1, 0.15) is 6.04 Å². The van der Waals surface area contributed by atoms with E-state index in [4.69, 9.17) is 4.52 Å². The van der Waals surface area contributed by atoms with E-state index in [1.54, 1.807) is 50.2 Å². The van der Waals surface area contributed by atoms with Gasteiger partial charge in [0.05, 0.1) is 11.1 Å². The molecule has 0 unspecified atom stereocenters. The highest BCUT2D eigenvalue weighted by molar-refractivity contribution is 6.21. The molecule has 2 amide bonds. The van der Waals surface area contributed by atoms with Crippen molar-refractivity contribution in [3.8, 4) is 0 Å². The van der Waals surface area contributed by atoms with Crippen LogP contribution in [0.15, 0.2) is 28.8 Å². The smallest absolute Gasteiger partial charge is 0.265 e. The summed E-state index contributed by atoms with van der Waals surface area (Å²) in [6.45, 7) is 1.69. The summed E-state index contributed by atoms with van der Waals surface area (Å²) in [6, 6.07) is 6.13. The van der Waals surface area contributed by atoms with E-state index in [0.717, 1.165) is 4.90 Å². The van der Waals surface area contributed by atoms with Crippen LogP contribution in [0.4, 0.5) is 5.95 Å². The number of anilines is 1. The second-order valence-corrected chi connectivity index (χ2v) is 5.03. The molecule has 3 rings (SSSR count). The van der Waals surface area contributed by atoms with Gasteiger partial charge >= 0.3 is 0 Å². The minimum absolute atomic E-state index is 0.230. The lowest BCUT2D eigenvalue weighted by molar-refractivity contribution is 0.0568. The Bertz CT molecular complexity index is 688.